The molecule has 158 valence electrons. The molecule has 3 fully saturated rings. The third-order valence-corrected chi connectivity index (χ3v) is 6.70. The number of carbonyl (C=O) groups is 1. The second-order valence-electron chi connectivity index (χ2n) is 8.32. The molecule has 2 aromatic heterocycles. The van der Waals surface area contributed by atoms with E-state index < -0.39 is 29.6 Å². The van der Waals surface area contributed by atoms with E-state index in [-0.39, 0.29) is 28.7 Å². The summed E-state index contributed by atoms with van der Waals surface area (Å²) in [5.41, 5.74) is 1.13. The van der Waals surface area contributed by atoms with E-state index in [4.69, 9.17) is 0 Å². The van der Waals surface area contributed by atoms with Crippen LogP contribution in [0.3, 0.4) is 0 Å². The standard InChI is InChI=1S/C22H19F2N5O2/c23-13-6-15-20(28-29-21(15)26-9-13)14-7-17(16(24)5-12(14)8-25)27-19-11-3-1-10(2-4-11)18(19)22(30)31/h5-7,9-11,18-19,27H,1-4H2,(H,30,31)(H,26,28,29). The van der Waals surface area contributed by atoms with Crippen LogP contribution >= 0.6 is 0 Å². The van der Waals surface area contributed by atoms with Gasteiger partial charge in [0.1, 0.15) is 11.6 Å². The third kappa shape index (κ3) is 3.19. The molecule has 0 spiro atoms. The maximum atomic E-state index is 14.9. The molecule has 3 aliphatic rings. The van der Waals surface area contributed by atoms with Gasteiger partial charge in [0.05, 0.1) is 35.1 Å². The number of fused-ring (bicyclic) bond motifs is 4. The summed E-state index contributed by atoms with van der Waals surface area (Å²) in [6.45, 7) is 0. The number of benzene rings is 1. The van der Waals surface area contributed by atoms with Crippen LogP contribution in [0.2, 0.25) is 0 Å². The predicted octanol–water partition coefficient (Wildman–Crippen LogP) is 4.08. The minimum atomic E-state index is -0.873. The summed E-state index contributed by atoms with van der Waals surface area (Å²) < 4.78 is 28.7. The molecule has 2 atom stereocenters. The van der Waals surface area contributed by atoms with Crippen molar-refractivity contribution in [3.05, 3.63) is 41.6 Å². The van der Waals surface area contributed by atoms with Crippen LogP contribution in [0.25, 0.3) is 22.3 Å². The molecule has 2 unspecified atom stereocenters. The number of hydrogen-bond acceptors (Lipinski definition) is 5. The van der Waals surface area contributed by atoms with Crippen molar-refractivity contribution in [2.45, 2.75) is 31.7 Å². The maximum Gasteiger partial charge on any atom is 0.308 e. The number of carboxylic acids is 1. The number of carboxylic acid groups (broad SMARTS) is 1. The lowest BCUT2D eigenvalue weighted by Crippen LogP contribution is -2.51. The van der Waals surface area contributed by atoms with Crippen molar-refractivity contribution in [2.24, 2.45) is 17.8 Å². The number of aliphatic carboxylic acids is 1. The highest BCUT2D eigenvalue weighted by Crippen LogP contribution is 2.47. The Kier molecular flexibility index (Phi) is 4.58. The molecule has 0 amide bonds. The number of hydrogen-bond donors (Lipinski definition) is 3. The zero-order valence-electron chi connectivity index (χ0n) is 16.4. The first kappa shape index (κ1) is 19.4. The minimum Gasteiger partial charge on any atom is -0.481 e. The fourth-order valence-corrected chi connectivity index (χ4v) is 5.25. The first-order valence-corrected chi connectivity index (χ1v) is 10.2. The van der Waals surface area contributed by atoms with E-state index in [2.05, 4.69) is 20.5 Å². The average molecular weight is 423 g/mol. The maximum absolute atomic E-state index is 14.9. The number of nitrogens with zero attached hydrogens (tertiary/aromatic N) is 3. The summed E-state index contributed by atoms with van der Waals surface area (Å²) in [7, 11) is 0. The quantitative estimate of drug-likeness (QED) is 0.583. The first-order chi connectivity index (χ1) is 15.0. The zero-order chi connectivity index (χ0) is 21.7. The second kappa shape index (κ2) is 7.30. The van der Waals surface area contributed by atoms with Gasteiger partial charge >= 0.3 is 5.97 Å². The largest absolute Gasteiger partial charge is 0.481 e. The van der Waals surface area contributed by atoms with Gasteiger partial charge in [-0.05, 0) is 55.7 Å². The number of nitrogens with one attached hydrogen (secondary N) is 2. The number of rotatable bonds is 4. The van der Waals surface area contributed by atoms with E-state index in [0.29, 0.717) is 16.6 Å². The number of halogens is 2. The van der Waals surface area contributed by atoms with E-state index in [9.17, 15) is 23.9 Å². The van der Waals surface area contributed by atoms with Crippen molar-refractivity contribution in [1.82, 2.24) is 15.2 Å². The molecular weight excluding hydrogens is 404 g/mol. The summed E-state index contributed by atoms with van der Waals surface area (Å²) in [6.07, 6.45) is 4.61. The zero-order valence-corrected chi connectivity index (χ0v) is 16.4. The summed E-state index contributed by atoms with van der Waals surface area (Å²) in [5, 5.41) is 29.6. The summed E-state index contributed by atoms with van der Waals surface area (Å²) in [6, 6.07) is 5.39. The van der Waals surface area contributed by atoms with Gasteiger partial charge in [0.15, 0.2) is 5.65 Å². The SMILES string of the molecule is N#Cc1cc(F)c(NC2C3CCC(CC3)C2C(=O)O)cc1-c1[nH]nc2ncc(F)cc12. The number of nitriles is 1. The van der Waals surface area contributed by atoms with E-state index >= 15 is 0 Å². The highest BCUT2D eigenvalue weighted by molar-refractivity contribution is 5.93. The number of H-pyrrole nitrogens is 1. The number of aromatic amines is 1. The van der Waals surface area contributed by atoms with Gasteiger partial charge in [-0.25, -0.2) is 13.8 Å². The Hall–Kier alpha value is -3.54. The van der Waals surface area contributed by atoms with Crippen LogP contribution in [-0.4, -0.2) is 32.3 Å². The molecule has 0 radical (unpaired) electrons. The van der Waals surface area contributed by atoms with E-state index in [0.717, 1.165) is 37.9 Å². The van der Waals surface area contributed by atoms with Crippen molar-refractivity contribution in [3.63, 3.8) is 0 Å². The van der Waals surface area contributed by atoms with Gasteiger partial charge < -0.3 is 10.4 Å². The second-order valence-corrected chi connectivity index (χ2v) is 8.32. The number of anilines is 1. The third-order valence-electron chi connectivity index (χ3n) is 6.70. The Labute approximate surface area is 176 Å². The fraction of sp³-hybridized carbons (Fsp3) is 0.364. The van der Waals surface area contributed by atoms with Crippen LogP contribution < -0.4 is 5.32 Å². The first-order valence-electron chi connectivity index (χ1n) is 10.2. The van der Waals surface area contributed by atoms with Crippen molar-refractivity contribution in [1.29, 1.82) is 5.26 Å². The van der Waals surface area contributed by atoms with Crippen molar-refractivity contribution >= 4 is 22.7 Å². The molecule has 9 heteroatoms. The van der Waals surface area contributed by atoms with Crippen LogP contribution in [0, 0.1) is 40.7 Å². The Bertz CT molecular complexity index is 1230. The molecule has 6 rings (SSSR count). The molecule has 0 aliphatic heterocycles. The van der Waals surface area contributed by atoms with Crippen molar-refractivity contribution in [3.8, 4) is 17.3 Å². The van der Waals surface area contributed by atoms with E-state index in [1.54, 1.807) is 0 Å². The Morgan fingerprint density at radius 1 is 1.19 bits per heavy atom. The summed E-state index contributed by atoms with van der Waals surface area (Å²) in [4.78, 5) is 15.8. The van der Waals surface area contributed by atoms with Crippen LogP contribution in [0.1, 0.15) is 31.2 Å². The normalized spacial score (nSPS) is 24.8. The van der Waals surface area contributed by atoms with Crippen LogP contribution in [0.4, 0.5) is 14.5 Å². The Morgan fingerprint density at radius 2 is 1.94 bits per heavy atom. The Balaban J connectivity index is 1.58. The van der Waals surface area contributed by atoms with E-state index in [1.165, 1.54) is 12.1 Å². The molecule has 3 N–H and O–H groups in total. The lowest BCUT2D eigenvalue weighted by atomic mass is 9.61. The molecule has 2 bridgehead atoms. The van der Waals surface area contributed by atoms with Gasteiger partial charge in [-0.2, -0.15) is 10.4 Å². The van der Waals surface area contributed by atoms with Crippen LogP contribution in [0.15, 0.2) is 24.4 Å². The van der Waals surface area contributed by atoms with Crippen molar-refractivity contribution in [2.75, 3.05) is 5.32 Å². The molecule has 1 aromatic carbocycles. The van der Waals surface area contributed by atoms with Crippen LogP contribution in [0.5, 0.6) is 0 Å². The number of aromatic nitrogens is 3. The average Bonchev–Trinajstić information content (AvgIpc) is 3.18. The molecular formula is C22H19F2N5O2. The smallest absolute Gasteiger partial charge is 0.308 e. The molecule has 3 aliphatic carbocycles. The monoisotopic (exact) mass is 423 g/mol. The molecule has 0 saturated heterocycles. The van der Waals surface area contributed by atoms with Crippen molar-refractivity contribution < 1.29 is 18.7 Å². The Morgan fingerprint density at radius 3 is 2.65 bits per heavy atom. The van der Waals surface area contributed by atoms with E-state index in [1.807, 2.05) is 6.07 Å². The summed E-state index contributed by atoms with van der Waals surface area (Å²) in [5.74, 6) is -2.43. The van der Waals surface area contributed by atoms with Crippen LogP contribution in [-0.2, 0) is 4.79 Å². The van der Waals surface area contributed by atoms with Gasteiger partial charge in [-0.3, -0.25) is 9.89 Å². The lowest BCUT2D eigenvalue weighted by Gasteiger charge is -2.47. The predicted molar refractivity (Wildman–Crippen MR) is 108 cm³/mol. The van der Waals surface area contributed by atoms with Gasteiger partial charge in [0.2, 0.25) is 0 Å². The number of pyridine rings is 1. The minimum absolute atomic E-state index is 0.0535. The van der Waals surface area contributed by atoms with Gasteiger partial charge in [-0.15, -0.1) is 0 Å². The molecule has 7 nitrogen and oxygen atoms in total. The molecule has 3 saturated carbocycles. The van der Waals surface area contributed by atoms with Gasteiger partial charge in [0, 0.05) is 17.0 Å². The summed E-state index contributed by atoms with van der Waals surface area (Å²) >= 11 is 0. The molecule has 2 heterocycles. The lowest BCUT2D eigenvalue weighted by molar-refractivity contribution is -0.148. The highest BCUT2D eigenvalue weighted by Gasteiger charge is 2.47. The van der Waals surface area contributed by atoms with Gasteiger partial charge in [0.25, 0.3) is 0 Å². The molecule has 3 aromatic rings. The molecule has 31 heavy (non-hydrogen) atoms. The fourth-order valence-electron chi connectivity index (χ4n) is 5.25. The van der Waals surface area contributed by atoms with Gasteiger partial charge in [-0.1, -0.05) is 0 Å². The topological polar surface area (TPSA) is 115 Å². The highest BCUT2D eigenvalue weighted by atomic mass is 19.1.